The van der Waals surface area contributed by atoms with Crippen molar-refractivity contribution in [3.63, 3.8) is 0 Å². The lowest BCUT2D eigenvalue weighted by Crippen LogP contribution is -2.18. The summed E-state index contributed by atoms with van der Waals surface area (Å²) in [6.07, 6.45) is 23.9. The molecule has 3 N–H and O–H groups in total. The van der Waals surface area contributed by atoms with Gasteiger partial charge >= 0.3 is 10.4 Å². The largest absolute Gasteiger partial charge is 0.397 e. The maximum absolute atomic E-state index is 9.33. The van der Waals surface area contributed by atoms with Crippen molar-refractivity contribution < 1.29 is 27.0 Å². The topological polar surface area (TPSA) is 105 Å². The molecule has 0 aromatic rings. The molecule has 7 nitrogen and oxygen atoms in total. The van der Waals surface area contributed by atoms with Crippen LogP contribution in [0.1, 0.15) is 116 Å². The molecular weight excluding hydrogens is 430 g/mol. The second-order valence-corrected chi connectivity index (χ2v) is 9.53. The van der Waals surface area contributed by atoms with Gasteiger partial charge in [0.25, 0.3) is 0 Å². The minimum absolute atomic E-state index is 0.132. The molecule has 0 aromatic carbocycles. The highest BCUT2D eigenvalue weighted by atomic mass is 32.3. The standard InChI is InChI=1S/C23H49NO2.CH4O4S/c1-2-3-4-5-6-7-8-9-10-11-12-13-14-15-16-17-19-24-20-18-22-26-23-21-25;1-5-6(2,3)4/h24-25H,2-23H2,1H3;1H3,(H,2,3,4). The third-order valence-electron chi connectivity index (χ3n) is 5.30. The highest BCUT2D eigenvalue weighted by Gasteiger charge is 1.95. The number of ether oxygens (including phenoxy) is 1. The Morgan fingerprint density at radius 3 is 1.41 bits per heavy atom. The van der Waals surface area contributed by atoms with Gasteiger partial charge in [0.15, 0.2) is 0 Å². The highest BCUT2D eigenvalue weighted by Crippen LogP contribution is 2.13. The normalized spacial score (nSPS) is 11.4. The Bertz CT molecular complexity index is 410. The Kier molecular flexibility index (Phi) is 30.5. The molecule has 0 amide bonds. The van der Waals surface area contributed by atoms with Gasteiger partial charge in [-0.3, -0.25) is 8.74 Å². The number of hydrogen-bond acceptors (Lipinski definition) is 6. The van der Waals surface area contributed by atoms with Crippen LogP contribution in [0.3, 0.4) is 0 Å². The third-order valence-corrected chi connectivity index (χ3v) is 5.72. The van der Waals surface area contributed by atoms with Gasteiger partial charge in [-0.25, -0.2) is 0 Å². The second kappa shape index (κ2) is 28.8. The van der Waals surface area contributed by atoms with Crippen LogP contribution in [-0.2, 0) is 19.3 Å². The van der Waals surface area contributed by atoms with E-state index >= 15 is 0 Å². The summed E-state index contributed by atoms with van der Waals surface area (Å²) in [5.74, 6) is 0. The van der Waals surface area contributed by atoms with Gasteiger partial charge in [0, 0.05) is 6.61 Å². The predicted octanol–water partition coefficient (Wildman–Crippen LogP) is 5.67. The molecule has 0 saturated heterocycles. The summed E-state index contributed by atoms with van der Waals surface area (Å²) in [4.78, 5) is 0. The van der Waals surface area contributed by atoms with Crippen LogP contribution in [0.5, 0.6) is 0 Å². The molecular formula is C24H53NO6S. The molecule has 0 unspecified atom stereocenters. The van der Waals surface area contributed by atoms with Crippen LogP contribution in [-0.4, -0.2) is 58.1 Å². The molecule has 8 heteroatoms. The van der Waals surface area contributed by atoms with Crippen molar-refractivity contribution in [3.8, 4) is 0 Å². The van der Waals surface area contributed by atoms with Gasteiger partial charge in [0.1, 0.15) is 0 Å². The first kappa shape index (κ1) is 33.9. The lowest BCUT2D eigenvalue weighted by Gasteiger charge is -2.06. The SMILES string of the molecule is CCCCCCCCCCCCCCCCCCNCCCOCCO.COS(=O)(=O)O. The molecule has 0 aliphatic carbocycles. The number of unbranched alkanes of at least 4 members (excludes halogenated alkanes) is 15. The van der Waals surface area contributed by atoms with Crippen LogP contribution in [0, 0.1) is 0 Å². The van der Waals surface area contributed by atoms with Gasteiger partial charge in [-0.05, 0) is 25.9 Å². The summed E-state index contributed by atoms with van der Waals surface area (Å²) in [5, 5.41) is 12.1. The van der Waals surface area contributed by atoms with Crippen molar-refractivity contribution in [1.82, 2.24) is 5.32 Å². The van der Waals surface area contributed by atoms with Crippen molar-refractivity contribution in [3.05, 3.63) is 0 Å². The predicted molar refractivity (Wildman–Crippen MR) is 133 cm³/mol. The third kappa shape index (κ3) is 37.1. The van der Waals surface area contributed by atoms with Crippen molar-refractivity contribution >= 4 is 10.4 Å². The summed E-state index contributed by atoms with van der Waals surface area (Å²) in [5.41, 5.74) is 0. The van der Waals surface area contributed by atoms with Crippen molar-refractivity contribution in [1.29, 1.82) is 0 Å². The van der Waals surface area contributed by atoms with E-state index in [2.05, 4.69) is 16.4 Å². The van der Waals surface area contributed by atoms with Crippen LogP contribution in [0.4, 0.5) is 0 Å². The minimum Gasteiger partial charge on any atom is -0.394 e. The molecule has 0 aliphatic rings. The fourth-order valence-electron chi connectivity index (χ4n) is 3.39. The molecule has 196 valence electrons. The molecule has 0 bridgehead atoms. The Labute approximate surface area is 199 Å². The van der Waals surface area contributed by atoms with E-state index in [0.29, 0.717) is 6.61 Å². The van der Waals surface area contributed by atoms with E-state index in [-0.39, 0.29) is 6.61 Å². The summed E-state index contributed by atoms with van der Waals surface area (Å²) in [6, 6.07) is 0. The highest BCUT2D eigenvalue weighted by molar-refractivity contribution is 7.80. The maximum Gasteiger partial charge on any atom is 0.397 e. The number of aliphatic hydroxyl groups excluding tert-OH is 1. The summed E-state index contributed by atoms with van der Waals surface area (Å²) in [6.45, 7) is 5.82. The van der Waals surface area contributed by atoms with Gasteiger partial charge in [-0.15, -0.1) is 0 Å². The Morgan fingerprint density at radius 1 is 0.656 bits per heavy atom. The van der Waals surface area contributed by atoms with Crippen LogP contribution in [0.2, 0.25) is 0 Å². The van der Waals surface area contributed by atoms with Crippen LogP contribution >= 0.6 is 0 Å². The van der Waals surface area contributed by atoms with E-state index in [0.717, 1.165) is 33.2 Å². The number of rotatable bonds is 24. The minimum atomic E-state index is -4.16. The fourth-order valence-corrected chi connectivity index (χ4v) is 3.39. The van der Waals surface area contributed by atoms with E-state index in [1.807, 2.05) is 0 Å². The second-order valence-electron chi connectivity index (χ2n) is 8.34. The molecule has 0 radical (unpaired) electrons. The molecule has 0 aromatic heterocycles. The van der Waals surface area contributed by atoms with Gasteiger partial charge in [0.05, 0.1) is 20.3 Å². The van der Waals surface area contributed by atoms with Gasteiger partial charge in [0.2, 0.25) is 0 Å². The number of nitrogens with one attached hydrogen (secondary N) is 1. The Hall–Kier alpha value is -0.250. The molecule has 0 aliphatic heterocycles. The average molecular weight is 484 g/mol. The molecule has 0 heterocycles. The average Bonchev–Trinajstić information content (AvgIpc) is 2.77. The molecule has 32 heavy (non-hydrogen) atoms. The maximum atomic E-state index is 9.33. The van der Waals surface area contributed by atoms with E-state index in [1.54, 1.807) is 0 Å². The summed E-state index contributed by atoms with van der Waals surface area (Å²) in [7, 11) is -3.29. The smallest absolute Gasteiger partial charge is 0.394 e. The number of hydrogen-bond donors (Lipinski definition) is 3. The Morgan fingerprint density at radius 2 is 1.03 bits per heavy atom. The zero-order valence-corrected chi connectivity index (χ0v) is 21.8. The van der Waals surface area contributed by atoms with Crippen LogP contribution in [0.25, 0.3) is 0 Å². The zero-order valence-electron chi connectivity index (χ0n) is 21.0. The van der Waals surface area contributed by atoms with E-state index in [9.17, 15) is 8.42 Å². The molecule has 0 saturated carbocycles. The van der Waals surface area contributed by atoms with Gasteiger partial charge in [-0.2, -0.15) is 8.42 Å². The van der Waals surface area contributed by atoms with Gasteiger partial charge < -0.3 is 15.2 Å². The number of aliphatic hydroxyl groups is 1. The first-order chi connectivity index (χ1) is 15.5. The zero-order chi connectivity index (χ0) is 24.2. The van der Waals surface area contributed by atoms with Crippen LogP contribution in [0.15, 0.2) is 0 Å². The fraction of sp³-hybridized carbons (Fsp3) is 1.00. The molecule has 0 spiro atoms. The lowest BCUT2D eigenvalue weighted by molar-refractivity contribution is 0.0907. The molecule has 0 atom stereocenters. The Balaban J connectivity index is 0. The summed E-state index contributed by atoms with van der Waals surface area (Å²) < 4.78 is 34.9. The lowest BCUT2D eigenvalue weighted by atomic mass is 10.0. The molecule has 0 rings (SSSR count). The van der Waals surface area contributed by atoms with Crippen molar-refractivity contribution in [2.75, 3.05) is 40.0 Å². The first-order valence-electron chi connectivity index (χ1n) is 12.9. The van der Waals surface area contributed by atoms with Gasteiger partial charge in [-0.1, -0.05) is 103 Å². The summed E-state index contributed by atoms with van der Waals surface area (Å²) >= 11 is 0. The van der Waals surface area contributed by atoms with Crippen molar-refractivity contribution in [2.24, 2.45) is 0 Å². The van der Waals surface area contributed by atoms with E-state index in [4.69, 9.17) is 14.4 Å². The van der Waals surface area contributed by atoms with E-state index < -0.39 is 10.4 Å². The van der Waals surface area contributed by atoms with E-state index in [1.165, 1.54) is 103 Å². The molecule has 0 fully saturated rings. The van der Waals surface area contributed by atoms with Crippen LogP contribution < -0.4 is 5.32 Å². The first-order valence-corrected chi connectivity index (χ1v) is 14.3. The quantitative estimate of drug-likeness (QED) is 0.120. The van der Waals surface area contributed by atoms with Crippen molar-refractivity contribution in [2.45, 2.75) is 116 Å². The monoisotopic (exact) mass is 483 g/mol.